The van der Waals surface area contributed by atoms with E-state index in [0.717, 1.165) is 16.7 Å². The zero-order chi connectivity index (χ0) is 8.15. The Morgan fingerprint density at radius 2 is 1.60 bits per heavy atom. The van der Waals surface area contributed by atoms with Crippen molar-refractivity contribution in [2.24, 2.45) is 0 Å². The van der Waals surface area contributed by atoms with Crippen LogP contribution in [-0.2, 0) is 0 Å². The fourth-order valence-electron chi connectivity index (χ4n) is 0.782. The molecule has 0 atom stereocenters. The van der Waals surface area contributed by atoms with Crippen LogP contribution in [0.5, 0.6) is 0 Å². The highest BCUT2D eigenvalue weighted by atomic mass is 14.0. The van der Waals surface area contributed by atoms with Gasteiger partial charge in [0.15, 0.2) is 0 Å². The zero-order valence-corrected chi connectivity index (χ0v) is 6.78. The molecule has 0 nitrogen and oxygen atoms in total. The van der Waals surface area contributed by atoms with E-state index in [-0.39, 0.29) is 0 Å². The van der Waals surface area contributed by atoms with Crippen molar-refractivity contribution in [3.05, 3.63) is 48.6 Å². The Labute approximate surface area is 63.3 Å². The summed E-state index contributed by atoms with van der Waals surface area (Å²) >= 11 is 0. The Bertz CT molecular complexity index is 192. The summed E-state index contributed by atoms with van der Waals surface area (Å²) in [6.07, 6.45) is 3.62. The molecule has 0 unspecified atom stereocenters. The van der Waals surface area contributed by atoms with E-state index in [9.17, 15) is 0 Å². The van der Waals surface area contributed by atoms with E-state index >= 15 is 0 Å². The molecule has 0 spiro atoms. The van der Waals surface area contributed by atoms with Gasteiger partial charge in [0, 0.05) is 0 Å². The minimum atomic E-state index is 1.03. The second-order valence-electron chi connectivity index (χ2n) is 2.29. The second-order valence-corrected chi connectivity index (χ2v) is 2.29. The van der Waals surface area contributed by atoms with Crippen LogP contribution in [0.25, 0.3) is 0 Å². The zero-order valence-electron chi connectivity index (χ0n) is 6.78. The molecule has 0 bridgehead atoms. The lowest BCUT2D eigenvalue weighted by Crippen LogP contribution is -1.82. The summed E-state index contributed by atoms with van der Waals surface area (Å²) in [5.74, 6) is 0. The molecule has 0 aromatic carbocycles. The molecule has 0 N–H and O–H groups in total. The van der Waals surface area contributed by atoms with Crippen molar-refractivity contribution in [3.8, 4) is 0 Å². The third kappa shape index (κ3) is 2.06. The van der Waals surface area contributed by atoms with Gasteiger partial charge in [-0.15, -0.1) is 0 Å². The van der Waals surface area contributed by atoms with Gasteiger partial charge in [0.25, 0.3) is 0 Å². The molecule has 0 saturated heterocycles. The first-order valence-corrected chi connectivity index (χ1v) is 3.25. The van der Waals surface area contributed by atoms with E-state index in [2.05, 4.69) is 19.7 Å². The number of rotatable bonds is 3. The molecule has 0 heteroatoms. The Balaban J connectivity index is 4.79. The minimum Gasteiger partial charge on any atom is -0.0988 e. The Morgan fingerprint density at radius 3 is 1.70 bits per heavy atom. The molecular formula is C10H14. The van der Waals surface area contributed by atoms with E-state index < -0.39 is 0 Å². The third-order valence-electron chi connectivity index (χ3n) is 1.39. The van der Waals surface area contributed by atoms with Crippen LogP contribution in [0.3, 0.4) is 0 Å². The van der Waals surface area contributed by atoms with Crippen LogP contribution >= 0.6 is 0 Å². The van der Waals surface area contributed by atoms with Crippen molar-refractivity contribution >= 4 is 0 Å². The fourth-order valence-corrected chi connectivity index (χ4v) is 0.782. The maximum Gasteiger partial charge on any atom is -0.0210 e. The molecule has 0 saturated carbocycles. The minimum absolute atomic E-state index is 1.03. The van der Waals surface area contributed by atoms with Gasteiger partial charge in [-0.05, 0) is 25.0 Å². The largest absolute Gasteiger partial charge is 0.0988 e. The standard InChI is InChI=1S/C10H14/c1-6-9(5)10(7-2)8(3)4/h6-7H,1-3H2,4-5H3/b10-9-. The maximum atomic E-state index is 3.82. The summed E-state index contributed by atoms with van der Waals surface area (Å²) in [5.41, 5.74) is 3.25. The molecule has 0 radical (unpaired) electrons. The summed E-state index contributed by atoms with van der Waals surface area (Å²) in [4.78, 5) is 0. The summed E-state index contributed by atoms with van der Waals surface area (Å²) in [6.45, 7) is 15.1. The summed E-state index contributed by atoms with van der Waals surface area (Å²) in [7, 11) is 0. The van der Waals surface area contributed by atoms with Crippen LogP contribution in [0.2, 0.25) is 0 Å². The summed E-state index contributed by atoms with van der Waals surface area (Å²) < 4.78 is 0. The molecule has 0 aliphatic rings. The monoisotopic (exact) mass is 134 g/mol. The average molecular weight is 134 g/mol. The molecular weight excluding hydrogens is 120 g/mol. The van der Waals surface area contributed by atoms with Gasteiger partial charge in [0.1, 0.15) is 0 Å². The lowest BCUT2D eigenvalue weighted by Gasteiger charge is -2.02. The molecule has 0 aromatic rings. The van der Waals surface area contributed by atoms with E-state index in [1.54, 1.807) is 6.08 Å². The summed E-state index contributed by atoms with van der Waals surface area (Å²) in [5, 5.41) is 0. The van der Waals surface area contributed by atoms with Gasteiger partial charge < -0.3 is 0 Å². The van der Waals surface area contributed by atoms with Crippen LogP contribution in [0, 0.1) is 0 Å². The molecule has 0 aliphatic carbocycles. The van der Waals surface area contributed by atoms with Gasteiger partial charge in [-0.25, -0.2) is 0 Å². The average Bonchev–Trinajstić information content (AvgIpc) is 1.88. The number of allylic oxidation sites excluding steroid dienone is 5. The normalized spacial score (nSPS) is 11.8. The highest BCUT2D eigenvalue weighted by Gasteiger charge is 1.93. The quantitative estimate of drug-likeness (QED) is 0.520. The molecule has 0 fully saturated rings. The number of hydrogen-bond acceptors (Lipinski definition) is 0. The van der Waals surface area contributed by atoms with Gasteiger partial charge in [-0.2, -0.15) is 0 Å². The van der Waals surface area contributed by atoms with Crippen molar-refractivity contribution < 1.29 is 0 Å². The Morgan fingerprint density at radius 1 is 1.10 bits per heavy atom. The molecule has 10 heavy (non-hydrogen) atoms. The SMILES string of the molecule is C=C/C(C)=C(/C=C)C(=C)C. The van der Waals surface area contributed by atoms with Gasteiger partial charge in [-0.1, -0.05) is 37.5 Å². The first kappa shape index (κ1) is 8.96. The van der Waals surface area contributed by atoms with Crippen molar-refractivity contribution in [1.29, 1.82) is 0 Å². The lowest BCUT2D eigenvalue weighted by molar-refractivity contribution is 1.36. The summed E-state index contributed by atoms with van der Waals surface area (Å²) in [6, 6.07) is 0. The van der Waals surface area contributed by atoms with Crippen LogP contribution in [-0.4, -0.2) is 0 Å². The van der Waals surface area contributed by atoms with Crippen molar-refractivity contribution in [2.45, 2.75) is 13.8 Å². The smallest absolute Gasteiger partial charge is 0.0210 e. The van der Waals surface area contributed by atoms with Crippen molar-refractivity contribution in [3.63, 3.8) is 0 Å². The third-order valence-corrected chi connectivity index (χ3v) is 1.39. The Kier molecular flexibility index (Phi) is 3.48. The van der Waals surface area contributed by atoms with E-state index in [0.29, 0.717) is 0 Å². The van der Waals surface area contributed by atoms with Crippen LogP contribution in [0.1, 0.15) is 13.8 Å². The van der Waals surface area contributed by atoms with E-state index in [1.807, 2.05) is 19.9 Å². The highest BCUT2D eigenvalue weighted by molar-refractivity contribution is 5.42. The molecule has 0 rings (SSSR count). The predicted molar refractivity (Wildman–Crippen MR) is 47.9 cm³/mol. The van der Waals surface area contributed by atoms with E-state index in [4.69, 9.17) is 0 Å². The predicted octanol–water partition coefficient (Wildman–Crippen LogP) is 3.25. The van der Waals surface area contributed by atoms with Crippen LogP contribution < -0.4 is 0 Å². The molecule has 0 aromatic heterocycles. The Hall–Kier alpha value is -1.04. The second kappa shape index (κ2) is 3.89. The first-order valence-electron chi connectivity index (χ1n) is 3.25. The van der Waals surface area contributed by atoms with Crippen molar-refractivity contribution in [2.75, 3.05) is 0 Å². The topological polar surface area (TPSA) is 0 Å². The first-order chi connectivity index (χ1) is 4.63. The fraction of sp³-hybridized carbons (Fsp3) is 0.200. The van der Waals surface area contributed by atoms with Crippen LogP contribution in [0.4, 0.5) is 0 Å². The van der Waals surface area contributed by atoms with Gasteiger partial charge in [0.2, 0.25) is 0 Å². The number of hydrogen-bond donors (Lipinski definition) is 0. The van der Waals surface area contributed by atoms with Gasteiger partial charge >= 0.3 is 0 Å². The molecule has 54 valence electrons. The van der Waals surface area contributed by atoms with Gasteiger partial charge in [0.05, 0.1) is 0 Å². The maximum absolute atomic E-state index is 3.82. The van der Waals surface area contributed by atoms with Crippen LogP contribution in [0.15, 0.2) is 48.6 Å². The highest BCUT2D eigenvalue weighted by Crippen LogP contribution is 2.13. The van der Waals surface area contributed by atoms with E-state index in [1.165, 1.54) is 0 Å². The molecule has 0 heterocycles. The van der Waals surface area contributed by atoms with Crippen molar-refractivity contribution in [1.82, 2.24) is 0 Å². The molecule has 0 aliphatic heterocycles. The lowest BCUT2D eigenvalue weighted by atomic mass is 10.0. The molecule has 0 amide bonds. The van der Waals surface area contributed by atoms with Gasteiger partial charge in [-0.3, -0.25) is 0 Å².